The van der Waals surface area contributed by atoms with Crippen LogP contribution in [0.3, 0.4) is 0 Å². The molecule has 3 heterocycles. The molecular weight excluding hydrogens is 865 g/mol. The topological polar surface area (TPSA) is 48.5 Å². The number of rotatable bonds is 7. The van der Waals surface area contributed by atoms with E-state index in [1.807, 2.05) is 18.2 Å². The average molecular weight is 915 g/mol. The van der Waals surface area contributed by atoms with E-state index >= 15 is 0 Å². The minimum Gasteiger partial charge on any atom is -0.307 e. The molecule has 0 unspecified atom stereocenters. The molecule has 72 heavy (non-hydrogen) atoms. The minimum absolute atomic E-state index is 0.557. The molecule has 0 atom stereocenters. The molecule has 13 heteroatoms. The van der Waals surface area contributed by atoms with Crippen molar-refractivity contribution in [3.8, 4) is 67.8 Å². The summed E-state index contributed by atoms with van der Waals surface area (Å²) in [5, 5.41) is 4.59. The highest BCUT2D eigenvalue weighted by Gasteiger charge is 2.28. The Morgan fingerprint density at radius 2 is 0.819 bits per heavy atom. The van der Waals surface area contributed by atoms with E-state index in [0.717, 1.165) is 66.2 Å². The molecule has 0 aliphatic heterocycles. The van der Waals surface area contributed by atoms with Crippen molar-refractivity contribution in [1.82, 2.24) is 24.1 Å². The third kappa shape index (κ3) is 6.92. The number of hydrogen-bond acceptors (Lipinski definition) is 3. The molecule has 5 nitrogen and oxygen atoms in total. The fraction of sp³-hybridized carbons (Fsp3) is 0.0339. The smallest absolute Gasteiger partial charge is 0.238 e. The van der Waals surface area contributed by atoms with Crippen LogP contribution in [0.1, 0.15) is 11.1 Å². The van der Waals surface area contributed by atoms with Crippen LogP contribution in [0.2, 0.25) is 0 Å². The van der Waals surface area contributed by atoms with Crippen LogP contribution in [-0.2, 0) is 0 Å². The van der Waals surface area contributed by atoms with Gasteiger partial charge in [-0.05, 0) is 71.5 Å². The van der Waals surface area contributed by atoms with Crippen LogP contribution in [-0.4, -0.2) is 86.9 Å². The third-order valence-corrected chi connectivity index (χ3v) is 16.4. The summed E-state index contributed by atoms with van der Waals surface area (Å²) < 4.78 is 4.87. The minimum atomic E-state index is 0.557. The van der Waals surface area contributed by atoms with Crippen molar-refractivity contribution in [3.63, 3.8) is 0 Å². The van der Waals surface area contributed by atoms with Crippen LogP contribution >= 0.6 is 0 Å². The number of nitrogens with zero attached hydrogens (tertiary/aromatic N) is 5. The predicted octanol–water partition coefficient (Wildman–Crippen LogP) is 1.08. The molecule has 0 N–H and O–H groups in total. The number of hydrogen-bond donors (Lipinski definition) is 0. The van der Waals surface area contributed by atoms with Crippen LogP contribution in [0.15, 0.2) is 164 Å². The van der Waals surface area contributed by atoms with Crippen molar-refractivity contribution in [1.29, 1.82) is 0 Å². The van der Waals surface area contributed by atoms with Crippen molar-refractivity contribution >= 4 is 150 Å². The maximum Gasteiger partial charge on any atom is 0.238 e. The highest BCUT2D eigenvalue weighted by Crippen LogP contribution is 2.45. The van der Waals surface area contributed by atoms with Crippen molar-refractivity contribution in [2.24, 2.45) is 0 Å². The van der Waals surface area contributed by atoms with E-state index in [9.17, 15) is 0 Å². The van der Waals surface area contributed by atoms with E-state index in [0.29, 0.717) is 17.6 Å². The summed E-state index contributed by atoms with van der Waals surface area (Å²) in [5.74, 6) is 1.78. The first-order valence-corrected chi connectivity index (χ1v) is 25.1. The lowest BCUT2D eigenvalue weighted by molar-refractivity contribution is 0.953. The Hall–Kier alpha value is -7.89. The summed E-state index contributed by atoms with van der Waals surface area (Å²) in [6.07, 6.45) is 0. The molecule has 0 radical (unpaired) electrons. The van der Waals surface area contributed by atoms with Gasteiger partial charge in [0.1, 0.15) is 62.8 Å². The summed E-state index contributed by atoms with van der Waals surface area (Å²) in [5.41, 5.74) is 27.9. The summed E-state index contributed by atoms with van der Waals surface area (Å²) in [7, 11) is 18.4. The Kier molecular flexibility index (Phi) is 11.0. The normalized spacial score (nSPS) is 11.6. The van der Waals surface area contributed by atoms with Crippen molar-refractivity contribution in [2.45, 2.75) is 13.8 Å². The summed E-state index contributed by atoms with van der Waals surface area (Å²) in [6, 6.07) is 58.6. The van der Waals surface area contributed by atoms with Crippen LogP contribution in [0.5, 0.6) is 0 Å². The van der Waals surface area contributed by atoms with E-state index in [2.05, 4.69) is 231 Å². The standard InChI is InChI=1S/C59H49B8N5/c1-30-44(49(62)48(61)31(2)47(30)60)45-40(46-50(63)52(65)54(67)53(66)51(46)64)23-14-26-43(45)71-41-24-11-9-21-36(41)38-27-28-39-37-22-10-12-25-42(37)72(56(39)55(38)71)59-69-57(33-17-7-4-8-18-33)68-58(70-59)35-20-13-19-34(29-35)32-15-5-3-6-16-32/h3-29H,60-67H2,1-2H3. The first kappa shape index (κ1) is 45.3. The summed E-state index contributed by atoms with van der Waals surface area (Å²) in [4.78, 5) is 16.2. The van der Waals surface area contributed by atoms with Crippen molar-refractivity contribution < 1.29 is 0 Å². The average Bonchev–Trinajstić information content (AvgIpc) is 3.95. The van der Waals surface area contributed by atoms with Gasteiger partial charge >= 0.3 is 0 Å². The molecule has 0 aliphatic carbocycles. The Bertz CT molecular complexity index is 4170. The molecule has 0 spiro atoms. The first-order chi connectivity index (χ1) is 34.9. The van der Waals surface area contributed by atoms with Gasteiger partial charge in [0.05, 0.1) is 27.8 Å². The van der Waals surface area contributed by atoms with Gasteiger partial charge in [0, 0.05) is 38.2 Å². The monoisotopic (exact) mass is 915 g/mol. The van der Waals surface area contributed by atoms with Gasteiger partial charge in [-0.3, -0.25) is 4.57 Å². The largest absolute Gasteiger partial charge is 0.307 e. The van der Waals surface area contributed by atoms with Gasteiger partial charge in [-0.25, -0.2) is 4.98 Å². The highest BCUT2D eigenvalue weighted by atomic mass is 15.2. The van der Waals surface area contributed by atoms with Crippen LogP contribution < -0.4 is 43.7 Å². The molecule has 0 fully saturated rings. The van der Waals surface area contributed by atoms with E-state index in [1.165, 1.54) is 82.5 Å². The fourth-order valence-electron chi connectivity index (χ4n) is 11.7. The Morgan fingerprint density at radius 1 is 0.333 bits per heavy atom. The third-order valence-electron chi connectivity index (χ3n) is 16.4. The Morgan fingerprint density at radius 3 is 1.46 bits per heavy atom. The van der Waals surface area contributed by atoms with Crippen LogP contribution in [0.25, 0.3) is 111 Å². The molecule has 9 aromatic carbocycles. The van der Waals surface area contributed by atoms with Crippen molar-refractivity contribution in [2.75, 3.05) is 0 Å². The zero-order chi connectivity index (χ0) is 49.7. The summed E-state index contributed by atoms with van der Waals surface area (Å²) >= 11 is 0. The van der Waals surface area contributed by atoms with Gasteiger partial charge in [-0.2, -0.15) is 9.97 Å². The molecule has 334 valence electrons. The molecule has 0 amide bonds. The van der Waals surface area contributed by atoms with Gasteiger partial charge in [0.25, 0.3) is 0 Å². The number of benzene rings is 9. The predicted molar refractivity (Wildman–Crippen MR) is 331 cm³/mol. The molecule has 0 saturated carbocycles. The molecule has 12 rings (SSSR count). The molecule has 3 aromatic heterocycles. The van der Waals surface area contributed by atoms with E-state index in [1.54, 1.807) is 0 Å². The fourth-order valence-corrected chi connectivity index (χ4v) is 11.7. The van der Waals surface area contributed by atoms with E-state index in [-0.39, 0.29) is 0 Å². The second-order valence-electron chi connectivity index (χ2n) is 19.9. The van der Waals surface area contributed by atoms with E-state index in [4.69, 9.17) is 15.0 Å². The second kappa shape index (κ2) is 17.5. The van der Waals surface area contributed by atoms with Crippen LogP contribution in [0.4, 0.5) is 0 Å². The maximum atomic E-state index is 5.51. The molecule has 0 bridgehead atoms. The summed E-state index contributed by atoms with van der Waals surface area (Å²) in [6.45, 7) is 4.61. The highest BCUT2D eigenvalue weighted by molar-refractivity contribution is 6.69. The zero-order valence-corrected chi connectivity index (χ0v) is 42.8. The Labute approximate surface area is 428 Å². The van der Waals surface area contributed by atoms with E-state index < -0.39 is 0 Å². The van der Waals surface area contributed by atoms with Crippen molar-refractivity contribution in [3.05, 3.63) is 175 Å². The quantitative estimate of drug-likeness (QED) is 0.226. The number of para-hydroxylation sites is 2. The van der Waals surface area contributed by atoms with Gasteiger partial charge in [0.15, 0.2) is 11.6 Å². The van der Waals surface area contributed by atoms with Gasteiger partial charge in [-0.15, -0.1) is 16.4 Å². The molecule has 12 aromatic rings. The zero-order valence-electron chi connectivity index (χ0n) is 42.8. The van der Waals surface area contributed by atoms with Crippen LogP contribution in [0, 0.1) is 13.8 Å². The van der Waals surface area contributed by atoms with Gasteiger partial charge in [-0.1, -0.05) is 172 Å². The lowest BCUT2D eigenvalue weighted by Gasteiger charge is -2.28. The first-order valence-electron chi connectivity index (χ1n) is 25.1. The van der Waals surface area contributed by atoms with Gasteiger partial charge in [0.2, 0.25) is 5.95 Å². The number of fused-ring (bicyclic) bond motifs is 7. The van der Waals surface area contributed by atoms with Gasteiger partial charge < -0.3 is 4.57 Å². The maximum absolute atomic E-state index is 5.51. The number of aromatic nitrogens is 5. The SMILES string of the molecule is Bc1c(B)c(B)c(-c2cccc(-n3c4ccccc4c4ccc5c6ccccc6n(-c6nc(-c7ccccc7)nc(-c7cccc(-c8ccccc8)c7)n6)c5c43)c2-c2c(B)c(B)c(C)c(B)c2C)c(B)c1B. The molecule has 0 saturated heterocycles. The Balaban J connectivity index is 1.25. The second-order valence-corrected chi connectivity index (χ2v) is 19.9. The molecular formula is C59H49B8N5. The lowest BCUT2D eigenvalue weighted by Crippen LogP contribution is -2.55. The lowest BCUT2D eigenvalue weighted by atomic mass is 9.59. The molecule has 0 aliphatic rings.